The van der Waals surface area contributed by atoms with Crippen LogP contribution in [0.15, 0.2) is 60.1 Å². The molecular weight excluding hydrogens is 406 g/mol. The number of hydrogen-bond acceptors (Lipinski definition) is 6. The minimum absolute atomic E-state index is 0.00754. The molecule has 4 rings (SSSR count). The number of aromatic nitrogens is 3. The highest BCUT2D eigenvalue weighted by Crippen LogP contribution is 2.39. The first-order valence-electron chi connectivity index (χ1n) is 10.5. The van der Waals surface area contributed by atoms with Crippen LogP contribution in [-0.4, -0.2) is 33.9 Å². The molecule has 1 aromatic heterocycles. The van der Waals surface area contributed by atoms with Crippen LogP contribution in [0.5, 0.6) is 11.5 Å². The van der Waals surface area contributed by atoms with Gasteiger partial charge < -0.3 is 20.1 Å². The Morgan fingerprint density at radius 1 is 1.16 bits per heavy atom. The van der Waals surface area contributed by atoms with Crippen LogP contribution in [0.1, 0.15) is 37.9 Å². The van der Waals surface area contributed by atoms with Gasteiger partial charge in [-0.15, -0.1) is 0 Å². The molecule has 0 bridgehead atoms. The van der Waals surface area contributed by atoms with Crippen LogP contribution in [0.25, 0.3) is 0 Å². The minimum Gasteiger partial charge on any atom is -0.493 e. The number of methoxy groups -OCH3 is 1. The number of para-hydroxylation sites is 1. The first kappa shape index (κ1) is 21.4. The number of amides is 1. The van der Waals surface area contributed by atoms with E-state index in [1.807, 2.05) is 70.2 Å². The van der Waals surface area contributed by atoms with E-state index in [2.05, 4.69) is 20.7 Å². The van der Waals surface area contributed by atoms with E-state index in [-0.39, 0.29) is 12.0 Å². The summed E-state index contributed by atoms with van der Waals surface area (Å²) in [6, 6.07) is 12.9. The normalized spacial score (nSPS) is 15.2. The molecule has 2 heterocycles. The zero-order valence-electron chi connectivity index (χ0n) is 18.8. The van der Waals surface area contributed by atoms with Gasteiger partial charge in [0.05, 0.1) is 18.8 Å². The molecule has 0 aliphatic carbocycles. The zero-order chi connectivity index (χ0) is 22.8. The number of nitrogens with one attached hydrogen (secondary N) is 2. The van der Waals surface area contributed by atoms with Gasteiger partial charge in [-0.2, -0.15) is 10.1 Å². The molecule has 8 nitrogen and oxygen atoms in total. The van der Waals surface area contributed by atoms with E-state index in [1.165, 1.54) is 6.33 Å². The van der Waals surface area contributed by atoms with Gasteiger partial charge in [-0.3, -0.25) is 4.79 Å². The third-order valence-electron chi connectivity index (χ3n) is 5.30. The molecule has 1 aliphatic rings. The molecule has 0 saturated heterocycles. The highest BCUT2D eigenvalue weighted by atomic mass is 16.5. The third kappa shape index (κ3) is 4.03. The Kier molecular flexibility index (Phi) is 5.85. The topological polar surface area (TPSA) is 90.3 Å². The van der Waals surface area contributed by atoms with Crippen molar-refractivity contribution in [3.05, 3.63) is 71.2 Å². The molecular formula is C24H27N5O3. The number of aryl methyl sites for hydroxylation is 1. The van der Waals surface area contributed by atoms with Gasteiger partial charge in [0.2, 0.25) is 5.95 Å². The lowest BCUT2D eigenvalue weighted by atomic mass is 9.94. The summed E-state index contributed by atoms with van der Waals surface area (Å²) in [4.78, 5) is 17.8. The van der Waals surface area contributed by atoms with E-state index in [1.54, 1.807) is 11.8 Å². The van der Waals surface area contributed by atoms with Crippen molar-refractivity contribution in [3.63, 3.8) is 0 Å². The number of ether oxygens (including phenoxy) is 2. The van der Waals surface area contributed by atoms with Crippen molar-refractivity contribution < 1.29 is 14.3 Å². The summed E-state index contributed by atoms with van der Waals surface area (Å²) in [5, 5.41) is 10.6. The summed E-state index contributed by atoms with van der Waals surface area (Å²) in [6.07, 6.45) is 1.48. The first-order chi connectivity index (χ1) is 15.4. The average Bonchev–Trinajstić information content (AvgIpc) is 3.22. The number of anilines is 2. The maximum absolute atomic E-state index is 13.5. The summed E-state index contributed by atoms with van der Waals surface area (Å²) >= 11 is 0. The van der Waals surface area contributed by atoms with Crippen LogP contribution in [0.3, 0.4) is 0 Å². The van der Waals surface area contributed by atoms with Gasteiger partial charge in [0.25, 0.3) is 5.91 Å². The van der Waals surface area contributed by atoms with E-state index in [4.69, 9.17) is 9.47 Å². The molecule has 166 valence electrons. The molecule has 1 atom stereocenters. The van der Waals surface area contributed by atoms with Crippen molar-refractivity contribution in [1.29, 1.82) is 0 Å². The molecule has 3 aromatic rings. The molecule has 32 heavy (non-hydrogen) atoms. The SMILES string of the molecule is COc1cc(C2C(C(=O)Nc3ccccc3C)=C(C)Nc3ncnn32)ccc1OC(C)C. The van der Waals surface area contributed by atoms with E-state index in [0.29, 0.717) is 28.7 Å². The zero-order valence-corrected chi connectivity index (χ0v) is 18.8. The number of rotatable bonds is 6. The molecule has 0 spiro atoms. The van der Waals surface area contributed by atoms with Crippen molar-refractivity contribution in [1.82, 2.24) is 14.8 Å². The Balaban J connectivity index is 1.77. The fraction of sp³-hybridized carbons (Fsp3) is 0.292. The number of allylic oxidation sites excluding steroid dienone is 1. The second-order valence-corrected chi connectivity index (χ2v) is 7.94. The lowest BCUT2D eigenvalue weighted by molar-refractivity contribution is -0.113. The molecule has 8 heteroatoms. The predicted octanol–water partition coefficient (Wildman–Crippen LogP) is 4.31. The van der Waals surface area contributed by atoms with Crippen LogP contribution in [0.2, 0.25) is 0 Å². The van der Waals surface area contributed by atoms with Crippen molar-refractivity contribution >= 4 is 17.5 Å². The number of benzene rings is 2. The van der Waals surface area contributed by atoms with Gasteiger partial charge >= 0.3 is 0 Å². The van der Waals surface area contributed by atoms with Gasteiger partial charge in [0.15, 0.2) is 11.5 Å². The molecule has 1 unspecified atom stereocenters. The van der Waals surface area contributed by atoms with Crippen molar-refractivity contribution in [2.24, 2.45) is 0 Å². The Hall–Kier alpha value is -3.81. The van der Waals surface area contributed by atoms with Gasteiger partial charge in [-0.1, -0.05) is 24.3 Å². The second kappa shape index (κ2) is 8.74. The highest BCUT2D eigenvalue weighted by molar-refractivity contribution is 6.06. The van der Waals surface area contributed by atoms with Crippen molar-refractivity contribution in [2.75, 3.05) is 17.7 Å². The van der Waals surface area contributed by atoms with Crippen molar-refractivity contribution in [2.45, 2.75) is 39.8 Å². The molecule has 0 saturated carbocycles. The summed E-state index contributed by atoms with van der Waals surface area (Å²) in [5.41, 5.74) is 3.84. The van der Waals surface area contributed by atoms with E-state index < -0.39 is 6.04 Å². The van der Waals surface area contributed by atoms with Gasteiger partial charge in [-0.05, 0) is 57.0 Å². The smallest absolute Gasteiger partial charge is 0.255 e. The molecule has 0 fully saturated rings. The third-order valence-corrected chi connectivity index (χ3v) is 5.30. The number of nitrogens with zero attached hydrogens (tertiary/aromatic N) is 3. The summed E-state index contributed by atoms with van der Waals surface area (Å²) in [5.74, 6) is 1.59. The largest absolute Gasteiger partial charge is 0.493 e. The van der Waals surface area contributed by atoms with Crippen LogP contribution < -0.4 is 20.1 Å². The van der Waals surface area contributed by atoms with Gasteiger partial charge in [0, 0.05) is 11.4 Å². The molecule has 2 N–H and O–H groups in total. The number of fused-ring (bicyclic) bond motifs is 1. The standard InChI is InChI=1S/C24H27N5O3/c1-14(2)32-19-11-10-17(12-20(19)31-5)22-21(16(4)27-24-25-13-26-29(22)24)23(30)28-18-9-7-6-8-15(18)3/h6-14,22H,1-5H3,(H,28,30)(H,25,26,27). The lowest BCUT2D eigenvalue weighted by Crippen LogP contribution is -2.31. The second-order valence-electron chi connectivity index (χ2n) is 7.94. The van der Waals surface area contributed by atoms with Crippen molar-refractivity contribution in [3.8, 4) is 11.5 Å². The number of carbonyl (C=O) groups is 1. The first-order valence-corrected chi connectivity index (χ1v) is 10.5. The average molecular weight is 434 g/mol. The molecule has 0 radical (unpaired) electrons. The highest BCUT2D eigenvalue weighted by Gasteiger charge is 2.34. The number of carbonyl (C=O) groups excluding carboxylic acids is 1. The Bertz CT molecular complexity index is 1180. The molecule has 2 aromatic carbocycles. The minimum atomic E-state index is -0.486. The number of hydrogen-bond donors (Lipinski definition) is 2. The maximum atomic E-state index is 13.5. The Labute approximate surface area is 187 Å². The molecule has 1 aliphatic heterocycles. The maximum Gasteiger partial charge on any atom is 0.255 e. The van der Waals surface area contributed by atoms with Crippen LogP contribution >= 0.6 is 0 Å². The van der Waals surface area contributed by atoms with Gasteiger partial charge in [0.1, 0.15) is 12.4 Å². The van der Waals surface area contributed by atoms with Crippen LogP contribution in [-0.2, 0) is 4.79 Å². The Morgan fingerprint density at radius 2 is 1.94 bits per heavy atom. The lowest BCUT2D eigenvalue weighted by Gasteiger charge is -2.29. The Morgan fingerprint density at radius 3 is 2.66 bits per heavy atom. The quantitative estimate of drug-likeness (QED) is 0.602. The van der Waals surface area contributed by atoms with Gasteiger partial charge in [-0.25, -0.2) is 4.68 Å². The van der Waals surface area contributed by atoms with E-state index in [9.17, 15) is 4.79 Å². The fourth-order valence-electron chi connectivity index (χ4n) is 3.80. The molecule has 1 amide bonds. The van der Waals surface area contributed by atoms with Crippen LogP contribution in [0.4, 0.5) is 11.6 Å². The summed E-state index contributed by atoms with van der Waals surface area (Å²) < 4.78 is 13.1. The summed E-state index contributed by atoms with van der Waals surface area (Å²) in [7, 11) is 1.60. The van der Waals surface area contributed by atoms with E-state index in [0.717, 1.165) is 16.8 Å². The van der Waals surface area contributed by atoms with Crippen LogP contribution in [0, 0.1) is 6.92 Å². The summed E-state index contributed by atoms with van der Waals surface area (Å²) in [6.45, 7) is 7.75. The monoisotopic (exact) mass is 433 g/mol. The van der Waals surface area contributed by atoms with E-state index >= 15 is 0 Å². The predicted molar refractivity (Wildman–Crippen MR) is 123 cm³/mol. The fourth-order valence-corrected chi connectivity index (χ4v) is 3.80.